The molecule has 30 heavy (non-hydrogen) atoms. The highest BCUT2D eigenvalue weighted by Crippen LogP contribution is 2.27. The summed E-state index contributed by atoms with van der Waals surface area (Å²) < 4.78 is 8.30. The number of carbonyl (C=O) groups excluding carboxylic acids is 1. The molecule has 158 valence electrons. The van der Waals surface area contributed by atoms with Gasteiger partial charge in [-0.3, -0.25) is 4.79 Å². The first-order valence-electron chi connectivity index (χ1n) is 10.6. The Hall–Kier alpha value is -3.08. The fourth-order valence-electron chi connectivity index (χ4n) is 3.55. The average Bonchev–Trinajstić information content (AvgIpc) is 3.09. The van der Waals surface area contributed by atoms with Gasteiger partial charge in [-0.15, -0.1) is 0 Å². The summed E-state index contributed by atoms with van der Waals surface area (Å²) in [5.74, 6) is 2.09. The van der Waals surface area contributed by atoms with E-state index in [9.17, 15) is 4.79 Å². The molecule has 5 nitrogen and oxygen atoms in total. The first-order valence-corrected chi connectivity index (χ1v) is 10.6. The molecule has 0 aliphatic rings. The van der Waals surface area contributed by atoms with Crippen molar-refractivity contribution in [2.45, 2.75) is 52.6 Å². The van der Waals surface area contributed by atoms with Gasteiger partial charge in [-0.2, -0.15) is 0 Å². The van der Waals surface area contributed by atoms with Crippen LogP contribution >= 0.6 is 0 Å². The number of ether oxygens (including phenoxy) is 1. The van der Waals surface area contributed by atoms with Gasteiger partial charge < -0.3 is 14.6 Å². The zero-order valence-electron chi connectivity index (χ0n) is 18.1. The molecule has 0 fully saturated rings. The number of hydrogen-bond acceptors (Lipinski definition) is 3. The molecule has 0 aliphatic carbocycles. The number of benzene rings is 2. The van der Waals surface area contributed by atoms with Gasteiger partial charge in [-0.1, -0.05) is 44.7 Å². The van der Waals surface area contributed by atoms with Gasteiger partial charge in [-0.05, 0) is 61.1 Å². The van der Waals surface area contributed by atoms with Crippen LogP contribution < -0.4 is 10.1 Å². The van der Waals surface area contributed by atoms with Gasteiger partial charge >= 0.3 is 0 Å². The van der Waals surface area contributed by atoms with E-state index < -0.39 is 0 Å². The lowest BCUT2D eigenvalue weighted by atomic mass is 10.0. The molecule has 1 N–H and O–H groups in total. The molecule has 0 bridgehead atoms. The van der Waals surface area contributed by atoms with Gasteiger partial charge in [0.05, 0.1) is 24.2 Å². The molecule has 0 spiro atoms. The second-order valence-electron chi connectivity index (χ2n) is 7.84. The lowest BCUT2D eigenvalue weighted by molar-refractivity contribution is -0.116. The SMILES string of the molecule is C=CC(=O)NCc1nc2ccccc2n1CCCCOc1cc(C)ccc1C(C)C. The summed E-state index contributed by atoms with van der Waals surface area (Å²) in [5, 5.41) is 2.83. The molecular formula is C25H31N3O2. The molecule has 1 amide bonds. The molecule has 0 radical (unpaired) electrons. The molecule has 0 unspecified atom stereocenters. The molecule has 3 aromatic rings. The normalized spacial score (nSPS) is 11.1. The summed E-state index contributed by atoms with van der Waals surface area (Å²) in [6.07, 6.45) is 3.18. The summed E-state index contributed by atoms with van der Waals surface area (Å²) in [6, 6.07) is 14.5. The zero-order valence-corrected chi connectivity index (χ0v) is 18.1. The Balaban J connectivity index is 1.61. The van der Waals surface area contributed by atoms with Crippen molar-refractivity contribution in [1.82, 2.24) is 14.9 Å². The molecule has 2 aromatic carbocycles. The molecule has 0 atom stereocenters. The Morgan fingerprint density at radius 3 is 2.80 bits per heavy atom. The number of amides is 1. The van der Waals surface area contributed by atoms with E-state index in [1.165, 1.54) is 17.2 Å². The Kier molecular flexibility index (Phi) is 7.28. The predicted molar refractivity (Wildman–Crippen MR) is 122 cm³/mol. The van der Waals surface area contributed by atoms with Crippen LogP contribution in [0, 0.1) is 6.92 Å². The lowest BCUT2D eigenvalue weighted by Gasteiger charge is -2.15. The maximum atomic E-state index is 11.6. The summed E-state index contributed by atoms with van der Waals surface area (Å²) in [4.78, 5) is 16.3. The van der Waals surface area contributed by atoms with Crippen molar-refractivity contribution in [2.24, 2.45) is 0 Å². The van der Waals surface area contributed by atoms with Gasteiger partial charge in [-0.25, -0.2) is 4.98 Å². The number of carbonyl (C=O) groups is 1. The van der Waals surface area contributed by atoms with Crippen LogP contribution in [0.1, 0.15) is 49.6 Å². The second kappa shape index (κ2) is 10.1. The third kappa shape index (κ3) is 5.29. The lowest BCUT2D eigenvalue weighted by Crippen LogP contribution is -2.22. The summed E-state index contributed by atoms with van der Waals surface area (Å²) >= 11 is 0. The van der Waals surface area contributed by atoms with Crippen LogP contribution in [0.2, 0.25) is 0 Å². The van der Waals surface area contributed by atoms with Crippen molar-refractivity contribution in [3.63, 3.8) is 0 Å². The minimum atomic E-state index is -0.193. The van der Waals surface area contributed by atoms with Gasteiger partial charge in [0, 0.05) is 6.54 Å². The maximum absolute atomic E-state index is 11.6. The Morgan fingerprint density at radius 1 is 1.23 bits per heavy atom. The van der Waals surface area contributed by atoms with Crippen LogP contribution in [0.4, 0.5) is 0 Å². The van der Waals surface area contributed by atoms with Crippen LogP contribution in [0.5, 0.6) is 5.75 Å². The Labute approximate surface area is 178 Å². The first-order chi connectivity index (χ1) is 14.5. The molecule has 1 aromatic heterocycles. The van der Waals surface area contributed by atoms with E-state index in [0.29, 0.717) is 19.1 Å². The van der Waals surface area contributed by atoms with Crippen LogP contribution in [-0.2, 0) is 17.9 Å². The number of para-hydroxylation sites is 2. The van der Waals surface area contributed by atoms with E-state index in [2.05, 4.69) is 66.5 Å². The van der Waals surface area contributed by atoms with Crippen LogP contribution in [0.3, 0.4) is 0 Å². The predicted octanol–water partition coefficient (Wildman–Crippen LogP) is 5.13. The van der Waals surface area contributed by atoms with E-state index in [1.54, 1.807) is 0 Å². The molecule has 0 saturated carbocycles. The van der Waals surface area contributed by atoms with Crippen molar-refractivity contribution in [3.05, 3.63) is 72.1 Å². The van der Waals surface area contributed by atoms with E-state index in [4.69, 9.17) is 4.74 Å². The molecule has 3 rings (SSSR count). The van der Waals surface area contributed by atoms with Crippen LogP contribution in [0.25, 0.3) is 11.0 Å². The minimum Gasteiger partial charge on any atom is -0.493 e. The molecular weight excluding hydrogens is 374 g/mol. The smallest absolute Gasteiger partial charge is 0.243 e. The molecule has 0 saturated heterocycles. The minimum absolute atomic E-state index is 0.193. The molecule has 1 heterocycles. The number of nitrogens with zero attached hydrogens (tertiary/aromatic N) is 2. The topological polar surface area (TPSA) is 56.2 Å². The van der Waals surface area contributed by atoms with Gasteiger partial charge in [0.15, 0.2) is 0 Å². The second-order valence-corrected chi connectivity index (χ2v) is 7.84. The van der Waals surface area contributed by atoms with E-state index >= 15 is 0 Å². The molecule has 0 aliphatic heterocycles. The number of hydrogen-bond donors (Lipinski definition) is 1. The number of fused-ring (bicyclic) bond motifs is 1. The molecule has 5 heteroatoms. The number of nitrogens with one attached hydrogen (secondary N) is 1. The van der Waals surface area contributed by atoms with Crippen LogP contribution in [0.15, 0.2) is 55.1 Å². The van der Waals surface area contributed by atoms with Crippen molar-refractivity contribution in [3.8, 4) is 5.75 Å². The van der Waals surface area contributed by atoms with Crippen molar-refractivity contribution in [2.75, 3.05) is 6.61 Å². The van der Waals surface area contributed by atoms with Gasteiger partial charge in [0.1, 0.15) is 11.6 Å². The first kappa shape index (κ1) is 21.6. The highest BCUT2D eigenvalue weighted by atomic mass is 16.5. The zero-order chi connectivity index (χ0) is 21.5. The Morgan fingerprint density at radius 2 is 2.03 bits per heavy atom. The van der Waals surface area contributed by atoms with Gasteiger partial charge in [0.25, 0.3) is 0 Å². The third-order valence-corrected chi connectivity index (χ3v) is 5.16. The van der Waals surface area contributed by atoms with E-state index in [0.717, 1.165) is 42.0 Å². The standard InChI is InChI=1S/C25H31N3O2/c1-5-25(29)26-17-24-27-21-10-6-7-11-22(21)28(24)14-8-9-15-30-23-16-19(4)12-13-20(23)18(2)3/h5-7,10-13,16,18H,1,8-9,14-15,17H2,2-4H3,(H,26,29). The summed E-state index contributed by atoms with van der Waals surface area (Å²) in [5.41, 5.74) is 4.49. The number of imidazole rings is 1. The monoisotopic (exact) mass is 405 g/mol. The van der Waals surface area contributed by atoms with Crippen molar-refractivity contribution < 1.29 is 9.53 Å². The number of unbranched alkanes of at least 4 members (excludes halogenated alkanes) is 1. The number of rotatable bonds is 10. The van der Waals surface area contributed by atoms with Crippen LogP contribution in [-0.4, -0.2) is 22.1 Å². The highest BCUT2D eigenvalue weighted by Gasteiger charge is 2.11. The van der Waals surface area contributed by atoms with Gasteiger partial charge in [0.2, 0.25) is 5.91 Å². The maximum Gasteiger partial charge on any atom is 0.243 e. The average molecular weight is 406 g/mol. The van der Waals surface area contributed by atoms with E-state index in [-0.39, 0.29) is 5.91 Å². The summed E-state index contributed by atoms with van der Waals surface area (Å²) in [6.45, 7) is 11.9. The highest BCUT2D eigenvalue weighted by molar-refractivity contribution is 5.86. The van der Waals surface area contributed by atoms with E-state index in [1.807, 2.05) is 18.2 Å². The fraction of sp³-hybridized carbons (Fsp3) is 0.360. The Bertz CT molecular complexity index is 1020. The largest absolute Gasteiger partial charge is 0.493 e. The quantitative estimate of drug-likeness (QED) is 0.376. The number of aryl methyl sites for hydroxylation is 2. The van der Waals surface area contributed by atoms with Crippen molar-refractivity contribution >= 4 is 16.9 Å². The summed E-state index contributed by atoms with van der Waals surface area (Å²) in [7, 11) is 0. The number of aromatic nitrogens is 2. The fourth-order valence-corrected chi connectivity index (χ4v) is 3.55. The third-order valence-electron chi connectivity index (χ3n) is 5.16. The van der Waals surface area contributed by atoms with Crippen molar-refractivity contribution in [1.29, 1.82) is 0 Å².